The zero-order valence-electron chi connectivity index (χ0n) is 9.33. The molecule has 0 fully saturated rings. The van der Waals surface area contributed by atoms with Crippen LogP contribution in [-0.2, 0) is 0 Å². The van der Waals surface area contributed by atoms with Crippen LogP contribution in [0.15, 0.2) is 18.2 Å². The standard InChI is InChI=1S/C11H17ClN2O/c1-8(13)7-14(2)11-5-4-9(15-3)6-10(11)12/h4-6,8H,7,13H2,1-3H3. The fraction of sp³-hybridized carbons (Fsp3) is 0.455. The molecular weight excluding hydrogens is 212 g/mol. The van der Waals surface area contributed by atoms with Crippen molar-refractivity contribution in [2.24, 2.45) is 5.73 Å². The summed E-state index contributed by atoms with van der Waals surface area (Å²) in [6.07, 6.45) is 0. The number of nitrogens with two attached hydrogens (primary N) is 1. The molecule has 0 aliphatic carbocycles. The Morgan fingerprint density at radius 3 is 2.67 bits per heavy atom. The van der Waals surface area contributed by atoms with Gasteiger partial charge >= 0.3 is 0 Å². The molecule has 2 N–H and O–H groups in total. The molecule has 0 saturated heterocycles. The minimum Gasteiger partial charge on any atom is -0.497 e. The van der Waals surface area contributed by atoms with Crippen LogP contribution in [0.4, 0.5) is 5.69 Å². The molecule has 1 rings (SSSR count). The minimum absolute atomic E-state index is 0.119. The van der Waals surface area contributed by atoms with Gasteiger partial charge in [-0.3, -0.25) is 0 Å². The predicted molar refractivity (Wildman–Crippen MR) is 64.9 cm³/mol. The fourth-order valence-electron chi connectivity index (χ4n) is 1.45. The maximum absolute atomic E-state index is 6.12. The molecule has 0 radical (unpaired) electrons. The van der Waals surface area contributed by atoms with Crippen molar-refractivity contribution in [1.82, 2.24) is 0 Å². The Morgan fingerprint density at radius 2 is 2.20 bits per heavy atom. The van der Waals surface area contributed by atoms with Crippen LogP contribution in [0.1, 0.15) is 6.92 Å². The van der Waals surface area contributed by atoms with Gasteiger partial charge in [0.15, 0.2) is 0 Å². The quantitative estimate of drug-likeness (QED) is 0.858. The fourth-order valence-corrected chi connectivity index (χ4v) is 1.77. The van der Waals surface area contributed by atoms with Gasteiger partial charge in [-0.05, 0) is 19.1 Å². The zero-order chi connectivity index (χ0) is 11.4. The molecule has 0 amide bonds. The summed E-state index contributed by atoms with van der Waals surface area (Å²) in [6.45, 7) is 2.74. The van der Waals surface area contributed by atoms with Crippen LogP contribution in [0.3, 0.4) is 0 Å². The first-order valence-electron chi connectivity index (χ1n) is 4.85. The average molecular weight is 229 g/mol. The summed E-state index contributed by atoms with van der Waals surface area (Å²) in [5.74, 6) is 0.762. The van der Waals surface area contributed by atoms with Gasteiger partial charge in [-0.2, -0.15) is 0 Å². The monoisotopic (exact) mass is 228 g/mol. The second-order valence-corrected chi connectivity index (χ2v) is 4.08. The summed E-state index contributed by atoms with van der Waals surface area (Å²) in [7, 11) is 3.59. The number of hydrogen-bond donors (Lipinski definition) is 1. The maximum atomic E-state index is 6.12. The molecule has 4 heteroatoms. The number of hydrogen-bond acceptors (Lipinski definition) is 3. The lowest BCUT2D eigenvalue weighted by Crippen LogP contribution is -2.32. The van der Waals surface area contributed by atoms with Crippen molar-refractivity contribution in [2.75, 3.05) is 25.6 Å². The summed E-state index contributed by atoms with van der Waals surface area (Å²) >= 11 is 6.12. The number of methoxy groups -OCH3 is 1. The van der Waals surface area contributed by atoms with Crippen molar-refractivity contribution in [2.45, 2.75) is 13.0 Å². The summed E-state index contributed by atoms with van der Waals surface area (Å²) in [5, 5.41) is 0.678. The summed E-state index contributed by atoms with van der Waals surface area (Å²) in [5.41, 5.74) is 6.69. The lowest BCUT2D eigenvalue weighted by atomic mass is 10.2. The van der Waals surface area contributed by atoms with Crippen molar-refractivity contribution in [3.63, 3.8) is 0 Å². The van der Waals surface area contributed by atoms with Gasteiger partial charge in [0.1, 0.15) is 5.75 Å². The first kappa shape index (κ1) is 12.1. The van der Waals surface area contributed by atoms with Crippen LogP contribution < -0.4 is 15.4 Å². The minimum atomic E-state index is 0.119. The lowest BCUT2D eigenvalue weighted by molar-refractivity contribution is 0.415. The van der Waals surface area contributed by atoms with E-state index in [0.717, 1.165) is 18.0 Å². The van der Waals surface area contributed by atoms with Crippen LogP contribution in [-0.4, -0.2) is 26.7 Å². The molecule has 0 aromatic heterocycles. The Bertz CT molecular complexity index is 328. The predicted octanol–water partition coefficient (Wildman–Crippen LogP) is 2.13. The largest absolute Gasteiger partial charge is 0.497 e. The van der Waals surface area contributed by atoms with E-state index in [1.807, 2.05) is 31.0 Å². The number of rotatable bonds is 4. The van der Waals surface area contributed by atoms with E-state index in [0.29, 0.717) is 5.02 Å². The van der Waals surface area contributed by atoms with Crippen molar-refractivity contribution in [3.05, 3.63) is 23.2 Å². The van der Waals surface area contributed by atoms with Crippen LogP contribution in [0, 0.1) is 0 Å². The van der Waals surface area contributed by atoms with Gasteiger partial charge in [-0.25, -0.2) is 0 Å². The number of nitrogens with zero attached hydrogens (tertiary/aromatic N) is 1. The number of likely N-dealkylation sites (N-methyl/N-ethyl adjacent to an activating group) is 1. The normalized spacial score (nSPS) is 12.3. The molecule has 0 spiro atoms. The van der Waals surface area contributed by atoms with Crippen molar-refractivity contribution < 1.29 is 4.74 Å². The Labute approximate surface area is 95.8 Å². The van der Waals surface area contributed by atoms with E-state index in [4.69, 9.17) is 22.1 Å². The average Bonchev–Trinajstić information content (AvgIpc) is 2.16. The molecule has 0 heterocycles. The van der Waals surface area contributed by atoms with Gasteiger partial charge in [-0.1, -0.05) is 11.6 Å². The molecule has 1 aromatic carbocycles. The molecule has 0 aliphatic rings. The third-order valence-corrected chi connectivity index (χ3v) is 2.43. The smallest absolute Gasteiger partial charge is 0.120 e. The molecule has 84 valence electrons. The van der Waals surface area contributed by atoms with Gasteiger partial charge in [0.2, 0.25) is 0 Å². The number of anilines is 1. The molecule has 0 aliphatic heterocycles. The molecule has 3 nitrogen and oxygen atoms in total. The van der Waals surface area contributed by atoms with Crippen molar-refractivity contribution in [3.8, 4) is 5.75 Å². The summed E-state index contributed by atoms with van der Waals surface area (Å²) in [4.78, 5) is 2.03. The van der Waals surface area contributed by atoms with E-state index in [9.17, 15) is 0 Å². The highest BCUT2D eigenvalue weighted by atomic mass is 35.5. The van der Waals surface area contributed by atoms with E-state index in [1.54, 1.807) is 13.2 Å². The molecule has 1 atom stereocenters. The van der Waals surface area contributed by atoms with Crippen LogP contribution >= 0.6 is 11.6 Å². The van der Waals surface area contributed by atoms with E-state index in [-0.39, 0.29) is 6.04 Å². The van der Waals surface area contributed by atoms with Crippen molar-refractivity contribution >= 4 is 17.3 Å². The number of benzene rings is 1. The molecule has 0 saturated carbocycles. The Balaban J connectivity index is 2.85. The number of halogens is 1. The third kappa shape index (κ3) is 3.29. The highest BCUT2D eigenvalue weighted by Crippen LogP contribution is 2.28. The maximum Gasteiger partial charge on any atom is 0.120 e. The summed E-state index contributed by atoms with van der Waals surface area (Å²) in [6, 6.07) is 5.74. The van der Waals surface area contributed by atoms with E-state index in [2.05, 4.69) is 0 Å². The number of ether oxygens (including phenoxy) is 1. The first-order valence-corrected chi connectivity index (χ1v) is 5.22. The highest BCUT2D eigenvalue weighted by Gasteiger charge is 2.08. The summed E-state index contributed by atoms with van der Waals surface area (Å²) < 4.78 is 5.08. The molecule has 1 unspecified atom stereocenters. The van der Waals surface area contributed by atoms with Gasteiger partial charge in [0, 0.05) is 25.7 Å². The molecular formula is C11H17ClN2O. The zero-order valence-corrected chi connectivity index (χ0v) is 10.1. The van der Waals surface area contributed by atoms with Crippen LogP contribution in [0.2, 0.25) is 5.02 Å². The highest BCUT2D eigenvalue weighted by molar-refractivity contribution is 6.33. The van der Waals surface area contributed by atoms with Gasteiger partial charge < -0.3 is 15.4 Å². The first-order chi connectivity index (χ1) is 7.04. The molecule has 1 aromatic rings. The topological polar surface area (TPSA) is 38.5 Å². The van der Waals surface area contributed by atoms with E-state index < -0.39 is 0 Å². The Kier molecular flexibility index (Phi) is 4.24. The molecule has 15 heavy (non-hydrogen) atoms. The van der Waals surface area contributed by atoms with Crippen molar-refractivity contribution in [1.29, 1.82) is 0 Å². The van der Waals surface area contributed by atoms with E-state index in [1.165, 1.54) is 0 Å². The van der Waals surface area contributed by atoms with Crippen LogP contribution in [0.5, 0.6) is 5.75 Å². The second-order valence-electron chi connectivity index (χ2n) is 3.68. The van der Waals surface area contributed by atoms with Gasteiger partial charge in [-0.15, -0.1) is 0 Å². The van der Waals surface area contributed by atoms with Gasteiger partial charge in [0.05, 0.1) is 17.8 Å². The third-order valence-electron chi connectivity index (χ3n) is 2.13. The SMILES string of the molecule is COc1ccc(N(C)CC(C)N)c(Cl)c1. The molecule has 0 bridgehead atoms. The van der Waals surface area contributed by atoms with E-state index >= 15 is 0 Å². The van der Waals surface area contributed by atoms with Crippen LogP contribution in [0.25, 0.3) is 0 Å². The second kappa shape index (κ2) is 5.24. The Hall–Kier alpha value is -0.930. The van der Waals surface area contributed by atoms with Gasteiger partial charge in [0.25, 0.3) is 0 Å². The Morgan fingerprint density at radius 1 is 1.53 bits per heavy atom. The lowest BCUT2D eigenvalue weighted by Gasteiger charge is -2.22.